The van der Waals surface area contributed by atoms with E-state index in [1.807, 2.05) is 6.07 Å². The van der Waals surface area contributed by atoms with Crippen LogP contribution < -0.4 is 10.5 Å². The van der Waals surface area contributed by atoms with Crippen molar-refractivity contribution < 1.29 is 37.1 Å². The van der Waals surface area contributed by atoms with Crippen LogP contribution in [-0.4, -0.2) is 17.5 Å². The molecule has 1 heterocycles. The highest BCUT2D eigenvalue weighted by atomic mass is 19.4. The second-order valence-corrected chi connectivity index (χ2v) is 7.59. The number of benzene rings is 2. The molecule has 0 saturated carbocycles. The number of nitrogens with two attached hydrogens (primary N) is 1. The van der Waals surface area contributed by atoms with Crippen LogP contribution in [0.4, 0.5) is 18.9 Å². The summed E-state index contributed by atoms with van der Waals surface area (Å²) in [6.45, 7) is 2.67. The lowest BCUT2D eigenvalue weighted by Crippen LogP contribution is -2.25. The molecule has 0 saturated heterocycles. The van der Waals surface area contributed by atoms with Crippen LogP contribution in [0.15, 0.2) is 65.3 Å². The van der Waals surface area contributed by atoms with Crippen molar-refractivity contribution >= 4 is 11.7 Å². The van der Waals surface area contributed by atoms with Crippen molar-refractivity contribution in [2.45, 2.75) is 32.5 Å². The molecule has 3 rings (SSSR count). The highest BCUT2D eigenvalue weighted by Crippen LogP contribution is 2.42. The molecule has 12 heteroatoms. The van der Waals surface area contributed by atoms with E-state index in [4.69, 9.17) is 19.9 Å². The van der Waals surface area contributed by atoms with E-state index in [9.17, 15) is 33.3 Å². The molecular formula is C24H20F3N3O6. The number of hydrogen-bond acceptors (Lipinski definition) is 8. The molecule has 2 aromatic rings. The fraction of sp³-hybridized carbons (Fsp3) is 0.250. The lowest BCUT2D eigenvalue weighted by molar-refractivity contribution is -0.386. The Hall–Kier alpha value is -4.53. The van der Waals surface area contributed by atoms with Gasteiger partial charge >= 0.3 is 17.8 Å². The van der Waals surface area contributed by atoms with Gasteiger partial charge in [0.15, 0.2) is 5.75 Å². The summed E-state index contributed by atoms with van der Waals surface area (Å²) < 4.78 is 55.1. The monoisotopic (exact) mass is 503 g/mol. The minimum Gasteiger partial charge on any atom is -0.482 e. The van der Waals surface area contributed by atoms with Crippen LogP contribution in [0.25, 0.3) is 0 Å². The van der Waals surface area contributed by atoms with Crippen molar-refractivity contribution in [3.63, 3.8) is 0 Å². The first-order chi connectivity index (χ1) is 17.0. The number of ether oxygens (including phenoxy) is 3. The molecule has 188 valence electrons. The van der Waals surface area contributed by atoms with Crippen molar-refractivity contribution in [2.75, 3.05) is 6.61 Å². The molecule has 2 aromatic carbocycles. The maximum Gasteiger partial charge on any atom is 0.416 e. The van der Waals surface area contributed by atoms with Crippen molar-refractivity contribution in [1.82, 2.24) is 0 Å². The van der Waals surface area contributed by atoms with Gasteiger partial charge < -0.3 is 19.9 Å². The standard InChI is InChI=1S/C24H20F3N3O6/c1-3-34-23(31)20-13(2)36-22(29)17(11-28)21(20)15-7-8-18(30(32)33)19(10-15)35-12-14-5-4-6-16(9-14)24(25,26)27/h4-10,21H,3,12,29H2,1-2H3/t21-/m0/s1. The molecule has 0 aromatic heterocycles. The summed E-state index contributed by atoms with van der Waals surface area (Å²) in [5.41, 5.74) is 4.70. The highest BCUT2D eigenvalue weighted by molar-refractivity contribution is 5.92. The van der Waals surface area contributed by atoms with E-state index >= 15 is 0 Å². The van der Waals surface area contributed by atoms with Gasteiger partial charge in [0.1, 0.15) is 24.0 Å². The van der Waals surface area contributed by atoms with Gasteiger partial charge in [-0.2, -0.15) is 18.4 Å². The molecule has 0 unspecified atom stereocenters. The smallest absolute Gasteiger partial charge is 0.416 e. The quantitative estimate of drug-likeness (QED) is 0.322. The predicted octanol–water partition coefficient (Wildman–Crippen LogP) is 4.84. The van der Waals surface area contributed by atoms with Crippen LogP contribution in [0.3, 0.4) is 0 Å². The van der Waals surface area contributed by atoms with Crippen LogP contribution in [0, 0.1) is 21.4 Å². The zero-order valence-electron chi connectivity index (χ0n) is 19.1. The van der Waals surface area contributed by atoms with Gasteiger partial charge in [0, 0.05) is 6.07 Å². The molecule has 1 atom stereocenters. The number of alkyl halides is 3. The molecule has 0 bridgehead atoms. The van der Waals surface area contributed by atoms with Crippen molar-refractivity contribution in [3.8, 4) is 11.8 Å². The lowest BCUT2D eigenvalue weighted by Gasteiger charge is -2.27. The number of carbonyl (C=O) groups excluding carboxylic acids is 1. The van der Waals surface area contributed by atoms with Gasteiger partial charge in [-0.25, -0.2) is 4.79 Å². The third-order valence-electron chi connectivity index (χ3n) is 5.26. The number of halogens is 3. The van der Waals surface area contributed by atoms with E-state index < -0.39 is 40.8 Å². The topological polar surface area (TPSA) is 138 Å². The van der Waals surface area contributed by atoms with E-state index in [2.05, 4.69) is 0 Å². The third-order valence-corrected chi connectivity index (χ3v) is 5.26. The number of nitriles is 1. The minimum atomic E-state index is -4.57. The number of esters is 1. The Bertz CT molecular complexity index is 1310. The van der Waals surface area contributed by atoms with Gasteiger partial charge in [-0.15, -0.1) is 0 Å². The van der Waals surface area contributed by atoms with E-state index in [0.29, 0.717) is 0 Å². The third kappa shape index (κ3) is 5.41. The van der Waals surface area contributed by atoms with Crippen molar-refractivity contribution in [1.29, 1.82) is 5.26 Å². The number of nitro groups is 1. The minimum absolute atomic E-state index is 0.0275. The predicted molar refractivity (Wildman–Crippen MR) is 119 cm³/mol. The normalized spacial score (nSPS) is 15.7. The Morgan fingerprint density at radius 3 is 2.61 bits per heavy atom. The molecule has 2 N–H and O–H groups in total. The molecule has 1 aliphatic heterocycles. The van der Waals surface area contributed by atoms with Crippen LogP contribution in [-0.2, 0) is 27.1 Å². The van der Waals surface area contributed by atoms with Gasteiger partial charge in [0.25, 0.3) is 0 Å². The van der Waals surface area contributed by atoms with E-state index in [-0.39, 0.29) is 46.3 Å². The number of nitrogens with zero attached hydrogens (tertiary/aromatic N) is 2. The highest BCUT2D eigenvalue weighted by Gasteiger charge is 2.37. The van der Waals surface area contributed by atoms with Crippen LogP contribution in [0.1, 0.15) is 36.5 Å². The number of carbonyl (C=O) groups is 1. The zero-order chi connectivity index (χ0) is 26.6. The summed E-state index contributed by atoms with van der Waals surface area (Å²) in [7, 11) is 0. The van der Waals surface area contributed by atoms with Gasteiger partial charge in [-0.1, -0.05) is 18.2 Å². The molecule has 0 amide bonds. The Morgan fingerprint density at radius 2 is 2.00 bits per heavy atom. The molecule has 0 radical (unpaired) electrons. The second-order valence-electron chi connectivity index (χ2n) is 7.59. The summed E-state index contributed by atoms with van der Waals surface area (Å²) >= 11 is 0. The van der Waals surface area contributed by atoms with Gasteiger partial charge in [-0.05, 0) is 43.2 Å². The molecule has 1 aliphatic rings. The van der Waals surface area contributed by atoms with Gasteiger partial charge in [-0.3, -0.25) is 10.1 Å². The average molecular weight is 503 g/mol. The molecule has 36 heavy (non-hydrogen) atoms. The fourth-order valence-corrected chi connectivity index (χ4v) is 3.66. The summed E-state index contributed by atoms with van der Waals surface area (Å²) in [6, 6.07) is 9.89. The Balaban J connectivity index is 2.05. The van der Waals surface area contributed by atoms with Gasteiger partial charge in [0.05, 0.1) is 28.6 Å². The summed E-state index contributed by atoms with van der Waals surface area (Å²) in [5.74, 6) is -2.31. The Kier molecular flexibility index (Phi) is 7.53. The fourth-order valence-electron chi connectivity index (χ4n) is 3.66. The largest absolute Gasteiger partial charge is 0.482 e. The maximum absolute atomic E-state index is 13.0. The van der Waals surface area contributed by atoms with Gasteiger partial charge in [0.2, 0.25) is 5.88 Å². The summed E-state index contributed by atoms with van der Waals surface area (Å²) in [4.78, 5) is 23.5. The summed E-state index contributed by atoms with van der Waals surface area (Å²) in [5, 5.41) is 21.3. The number of nitro benzene ring substituents is 1. The lowest BCUT2D eigenvalue weighted by atomic mass is 9.83. The first-order valence-corrected chi connectivity index (χ1v) is 10.5. The van der Waals surface area contributed by atoms with Crippen LogP contribution >= 0.6 is 0 Å². The zero-order valence-corrected chi connectivity index (χ0v) is 19.1. The molecule has 9 nitrogen and oxygen atoms in total. The molecule has 0 spiro atoms. The first kappa shape index (κ1) is 26.1. The number of allylic oxidation sites excluding steroid dienone is 2. The molecule has 0 aliphatic carbocycles. The summed E-state index contributed by atoms with van der Waals surface area (Å²) in [6.07, 6.45) is -4.57. The first-order valence-electron chi connectivity index (χ1n) is 10.5. The Labute approximate surface area is 203 Å². The maximum atomic E-state index is 13.0. The van der Waals surface area contributed by atoms with Crippen molar-refractivity contribution in [3.05, 3.63) is 92.1 Å². The van der Waals surface area contributed by atoms with Crippen LogP contribution in [0.2, 0.25) is 0 Å². The molecule has 0 fully saturated rings. The average Bonchev–Trinajstić information content (AvgIpc) is 2.81. The van der Waals surface area contributed by atoms with Crippen molar-refractivity contribution in [2.24, 2.45) is 5.73 Å². The van der Waals surface area contributed by atoms with E-state index in [1.165, 1.54) is 31.2 Å². The number of rotatable bonds is 7. The molecular weight excluding hydrogens is 483 g/mol. The second kappa shape index (κ2) is 10.4. The van der Waals surface area contributed by atoms with Crippen LogP contribution in [0.5, 0.6) is 5.75 Å². The Morgan fingerprint density at radius 1 is 1.28 bits per heavy atom. The van der Waals surface area contributed by atoms with E-state index in [0.717, 1.165) is 18.2 Å². The SMILES string of the molecule is CCOC(=O)C1=C(C)OC(N)=C(C#N)[C@@H]1c1ccc([N+](=O)[O-])c(OCc2cccc(C(F)(F)F)c2)c1. The number of hydrogen-bond donors (Lipinski definition) is 1. The van der Waals surface area contributed by atoms with E-state index in [1.54, 1.807) is 6.92 Å².